The topological polar surface area (TPSA) is 40.5 Å². The molecule has 0 aliphatic heterocycles. The van der Waals surface area contributed by atoms with Gasteiger partial charge in [0.05, 0.1) is 0 Å². The van der Waals surface area contributed by atoms with E-state index >= 15 is 0 Å². The monoisotopic (exact) mass is 112 g/mol. The highest BCUT2D eigenvalue weighted by Crippen LogP contribution is 1.91. The molecule has 0 aromatic heterocycles. The quantitative estimate of drug-likeness (QED) is 0.393. The molecule has 44 valence electrons. The molecule has 0 aliphatic rings. The van der Waals surface area contributed by atoms with Crippen LogP contribution in [-0.4, -0.2) is 17.2 Å². The van der Waals surface area contributed by atoms with Crippen LogP contribution in [0.4, 0.5) is 0 Å². The lowest BCUT2D eigenvalue weighted by Crippen LogP contribution is -2.12. The third-order valence-electron chi connectivity index (χ3n) is 0.788. The summed E-state index contributed by atoms with van der Waals surface area (Å²) in [5, 5.41) is 16.8. The molecule has 0 aromatic rings. The van der Waals surface area contributed by atoms with Crippen LogP contribution in [0.2, 0.25) is 0 Å². The van der Waals surface area contributed by atoms with Crippen molar-refractivity contribution in [2.24, 2.45) is 0 Å². The summed E-state index contributed by atoms with van der Waals surface area (Å²) >= 11 is 0. The molecule has 3 heteroatoms. The third-order valence-corrected chi connectivity index (χ3v) is 0.788. The summed E-state index contributed by atoms with van der Waals surface area (Å²) in [4.78, 5) is 0. The summed E-state index contributed by atoms with van der Waals surface area (Å²) in [5.41, 5.74) is 0.500. The predicted molar refractivity (Wildman–Crippen MR) is 34.1 cm³/mol. The van der Waals surface area contributed by atoms with E-state index < -0.39 is 7.12 Å². The summed E-state index contributed by atoms with van der Waals surface area (Å²) in [6.07, 6.45) is 3.06. The van der Waals surface area contributed by atoms with Crippen molar-refractivity contribution in [3.8, 4) is 0 Å². The first-order valence-corrected chi connectivity index (χ1v) is 2.34. The van der Waals surface area contributed by atoms with Crippen molar-refractivity contribution in [1.29, 1.82) is 0 Å². The summed E-state index contributed by atoms with van der Waals surface area (Å²) in [6.45, 7) is 5.00. The molecule has 0 amide bonds. The van der Waals surface area contributed by atoms with Gasteiger partial charge in [0.25, 0.3) is 0 Å². The maximum Gasteiger partial charge on any atom is 0.483 e. The number of allylic oxidation sites excluding steroid dienone is 3. The molecule has 0 unspecified atom stereocenters. The highest BCUT2D eigenvalue weighted by Gasteiger charge is 2.06. The normalized spacial score (nSPS) is 11.1. The van der Waals surface area contributed by atoms with Crippen LogP contribution in [-0.2, 0) is 0 Å². The Morgan fingerprint density at radius 2 is 2.12 bits per heavy atom. The van der Waals surface area contributed by atoms with Gasteiger partial charge in [0, 0.05) is 0 Å². The Bertz CT molecular complexity index is 107. The van der Waals surface area contributed by atoms with Crippen LogP contribution in [0.1, 0.15) is 6.92 Å². The zero-order valence-corrected chi connectivity index (χ0v) is 4.83. The molecule has 0 fully saturated rings. The Balaban J connectivity index is 3.78. The second kappa shape index (κ2) is 3.46. The van der Waals surface area contributed by atoms with Gasteiger partial charge in [-0.25, -0.2) is 0 Å². The first kappa shape index (κ1) is 7.46. The number of hydrogen-bond acceptors (Lipinski definition) is 2. The molecule has 0 atom stereocenters. The van der Waals surface area contributed by atoms with Gasteiger partial charge in [0.2, 0.25) is 0 Å². The van der Waals surface area contributed by atoms with E-state index in [1.807, 2.05) is 0 Å². The predicted octanol–water partition coefficient (Wildman–Crippen LogP) is 0.131. The molecule has 0 aliphatic carbocycles. The maximum atomic E-state index is 8.39. The SMILES string of the molecule is C=CC=C(C)B(O)O. The zero-order valence-electron chi connectivity index (χ0n) is 4.83. The van der Waals surface area contributed by atoms with E-state index in [0.717, 1.165) is 0 Å². The minimum absolute atomic E-state index is 0.500. The molecule has 8 heavy (non-hydrogen) atoms. The van der Waals surface area contributed by atoms with Crippen molar-refractivity contribution in [1.82, 2.24) is 0 Å². The first-order chi connectivity index (χ1) is 3.68. The van der Waals surface area contributed by atoms with Crippen LogP contribution in [0.25, 0.3) is 0 Å². The molecule has 0 heterocycles. The lowest BCUT2D eigenvalue weighted by atomic mass is 9.81. The van der Waals surface area contributed by atoms with Crippen LogP contribution >= 0.6 is 0 Å². The number of rotatable bonds is 2. The van der Waals surface area contributed by atoms with E-state index in [9.17, 15) is 0 Å². The molecular formula is C5H9BO2. The summed E-state index contributed by atoms with van der Waals surface area (Å²) in [7, 11) is -1.34. The third kappa shape index (κ3) is 2.61. The van der Waals surface area contributed by atoms with Crippen molar-refractivity contribution < 1.29 is 10.0 Å². The second-order valence-electron chi connectivity index (χ2n) is 1.52. The molecule has 0 radical (unpaired) electrons. The Hall–Kier alpha value is -0.535. The summed E-state index contributed by atoms with van der Waals surface area (Å²) < 4.78 is 0. The van der Waals surface area contributed by atoms with Gasteiger partial charge in [-0.1, -0.05) is 18.7 Å². The van der Waals surface area contributed by atoms with E-state index in [1.165, 1.54) is 6.08 Å². The van der Waals surface area contributed by atoms with E-state index in [4.69, 9.17) is 10.0 Å². The minimum Gasteiger partial charge on any atom is -0.423 e. The molecule has 0 saturated carbocycles. The van der Waals surface area contributed by atoms with E-state index in [0.29, 0.717) is 5.47 Å². The Morgan fingerprint density at radius 3 is 2.25 bits per heavy atom. The van der Waals surface area contributed by atoms with Crippen molar-refractivity contribution >= 4 is 7.12 Å². The van der Waals surface area contributed by atoms with E-state index in [1.54, 1.807) is 13.0 Å². The van der Waals surface area contributed by atoms with E-state index in [-0.39, 0.29) is 0 Å². The van der Waals surface area contributed by atoms with Crippen LogP contribution in [0.5, 0.6) is 0 Å². The maximum absolute atomic E-state index is 8.39. The standard InChI is InChI=1S/C5H9BO2/c1-3-4-5(2)6(7)8/h3-4,7-8H,1H2,2H3. The highest BCUT2D eigenvalue weighted by atomic mass is 16.4. The minimum atomic E-state index is -1.34. The Kier molecular flexibility index (Phi) is 3.23. The molecule has 0 aromatic carbocycles. The smallest absolute Gasteiger partial charge is 0.423 e. The molecule has 2 N–H and O–H groups in total. The van der Waals surface area contributed by atoms with Crippen LogP contribution in [0, 0.1) is 0 Å². The van der Waals surface area contributed by atoms with Crippen molar-refractivity contribution in [3.63, 3.8) is 0 Å². The molecule has 0 rings (SSSR count). The Morgan fingerprint density at radius 1 is 1.62 bits per heavy atom. The highest BCUT2D eigenvalue weighted by molar-refractivity contribution is 6.50. The van der Waals surface area contributed by atoms with Crippen molar-refractivity contribution in [3.05, 3.63) is 24.2 Å². The van der Waals surface area contributed by atoms with Gasteiger partial charge in [-0.2, -0.15) is 0 Å². The molecule has 0 saturated heterocycles. The second-order valence-corrected chi connectivity index (χ2v) is 1.52. The lowest BCUT2D eigenvalue weighted by Gasteiger charge is -1.92. The largest absolute Gasteiger partial charge is 0.483 e. The van der Waals surface area contributed by atoms with Gasteiger partial charge in [-0.15, -0.1) is 0 Å². The van der Waals surface area contributed by atoms with Gasteiger partial charge >= 0.3 is 7.12 Å². The van der Waals surface area contributed by atoms with Crippen molar-refractivity contribution in [2.75, 3.05) is 0 Å². The molecular weight excluding hydrogens is 103 g/mol. The van der Waals surface area contributed by atoms with Gasteiger partial charge in [0.1, 0.15) is 0 Å². The summed E-state index contributed by atoms with van der Waals surface area (Å²) in [6, 6.07) is 0. The molecule has 0 bridgehead atoms. The van der Waals surface area contributed by atoms with Gasteiger partial charge < -0.3 is 10.0 Å². The molecule has 2 nitrogen and oxygen atoms in total. The number of hydrogen-bond donors (Lipinski definition) is 2. The van der Waals surface area contributed by atoms with Crippen LogP contribution in [0.3, 0.4) is 0 Å². The average molecular weight is 112 g/mol. The van der Waals surface area contributed by atoms with Gasteiger partial charge in [0.15, 0.2) is 0 Å². The fourth-order valence-corrected chi connectivity index (χ4v) is 0.272. The summed E-state index contributed by atoms with van der Waals surface area (Å²) in [5.74, 6) is 0. The lowest BCUT2D eigenvalue weighted by molar-refractivity contribution is 0.419. The zero-order chi connectivity index (χ0) is 6.57. The fraction of sp³-hybridized carbons (Fsp3) is 0.200. The van der Waals surface area contributed by atoms with Gasteiger partial charge in [-0.3, -0.25) is 0 Å². The first-order valence-electron chi connectivity index (χ1n) is 2.34. The van der Waals surface area contributed by atoms with Crippen LogP contribution in [0.15, 0.2) is 24.2 Å². The Labute approximate surface area is 49.3 Å². The fourth-order valence-electron chi connectivity index (χ4n) is 0.272. The van der Waals surface area contributed by atoms with Crippen molar-refractivity contribution in [2.45, 2.75) is 6.92 Å². The van der Waals surface area contributed by atoms with Crippen LogP contribution < -0.4 is 0 Å². The molecule has 0 spiro atoms. The average Bonchev–Trinajstić information content (AvgIpc) is 1.67. The van der Waals surface area contributed by atoms with E-state index in [2.05, 4.69) is 6.58 Å². The van der Waals surface area contributed by atoms with Gasteiger partial charge in [-0.05, 0) is 12.4 Å².